The topological polar surface area (TPSA) is 220 Å². The Labute approximate surface area is 351 Å². The first kappa shape index (κ1) is 40.1. The van der Waals surface area contributed by atoms with E-state index in [1.807, 2.05) is 0 Å². The van der Waals surface area contributed by atoms with Crippen LogP contribution in [0.15, 0.2) is 78.0 Å². The van der Waals surface area contributed by atoms with Gasteiger partial charge in [-0.1, -0.05) is 0 Å². The molecular weight excluding hydrogens is 831 g/mol. The van der Waals surface area contributed by atoms with Crippen molar-refractivity contribution in [3.8, 4) is 23.3 Å². The molecule has 0 aliphatic carbocycles. The molecule has 21 heteroatoms. The Kier molecular flexibility index (Phi) is 10.1. The Morgan fingerprint density at radius 3 is 2.32 bits per heavy atom. The van der Waals surface area contributed by atoms with Crippen molar-refractivity contribution in [2.75, 3.05) is 53.8 Å². The number of hydrogen-bond donors (Lipinski definition) is 2. The summed E-state index contributed by atoms with van der Waals surface area (Å²) in [5.41, 5.74) is 0.601. The molecule has 6 heterocycles. The molecular formula is C41H34F2N10O8S. The Bertz CT molecular complexity index is 2930. The van der Waals surface area contributed by atoms with Gasteiger partial charge in [-0.25, -0.2) is 18.7 Å². The maximum Gasteiger partial charge on any atom is 0.301 e. The van der Waals surface area contributed by atoms with Crippen LogP contribution in [-0.4, -0.2) is 107 Å². The zero-order valence-electron chi connectivity index (χ0n) is 32.5. The van der Waals surface area contributed by atoms with Crippen molar-refractivity contribution in [1.29, 1.82) is 5.26 Å². The van der Waals surface area contributed by atoms with Gasteiger partial charge in [0.1, 0.15) is 41.7 Å². The lowest BCUT2D eigenvalue weighted by atomic mass is 10.0. The van der Waals surface area contributed by atoms with Crippen LogP contribution in [-0.2, 0) is 19.8 Å². The lowest BCUT2D eigenvalue weighted by molar-refractivity contribution is -0.136. The molecule has 5 aromatic rings. The second kappa shape index (κ2) is 15.6. The largest absolute Gasteiger partial charge is 0.453 e. The average molecular weight is 865 g/mol. The number of aromatic nitrogens is 3. The number of nitrogens with zero attached hydrogens (tertiary/aromatic N) is 8. The number of fused-ring (bicyclic) bond motifs is 2. The van der Waals surface area contributed by atoms with Crippen LogP contribution in [0.1, 0.15) is 45.5 Å². The zero-order chi connectivity index (χ0) is 43.4. The number of imide groups is 2. The van der Waals surface area contributed by atoms with E-state index in [-0.39, 0.29) is 60.3 Å². The summed E-state index contributed by atoms with van der Waals surface area (Å²) < 4.78 is 64.8. The van der Waals surface area contributed by atoms with Crippen molar-refractivity contribution >= 4 is 61.9 Å². The van der Waals surface area contributed by atoms with E-state index in [4.69, 9.17) is 4.74 Å². The van der Waals surface area contributed by atoms with E-state index in [1.54, 1.807) is 36.4 Å². The maximum atomic E-state index is 15.1. The molecule has 4 amide bonds. The predicted molar refractivity (Wildman–Crippen MR) is 217 cm³/mol. The summed E-state index contributed by atoms with van der Waals surface area (Å²) in [4.78, 5) is 78.4. The highest BCUT2D eigenvalue weighted by Crippen LogP contribution is 2.35. The van der Waals surface area contributed by atoms with Gasteiger partial charge in [-0.2, -0.15) is 18.0 Å². The van der Waals surface area contributed by atoms with E-state index in [2.05, 4.69) is 29.8 Å². The first-order chi connectivity index (χ1) is 29.8. The van der Waals surface area contributed by atoms with Gasteiger partial charge < -0.3 is 14.5 Å². The molecule has 2 aromatic heterocycles. The number of alkyl halides is 1. The second-order valence-electron chi connectivity index (χ2n) is 15.0. The minimum absolute atomic E-state index is 0.0254. The van der Waals surface area contributed by atoms with Gasteiger partial charge in [-0.15, -0.1) is 0 Å². The Morgan fingerprint density at radius 2 is 1.61 bits per heavy atom. The fraction of sp³-hybridized carbons (Fsp3) is 0.268. The molecule has 9 rings (SSSR count). The number of nitriles is 1. The van der Waals surface area contributed by atoms with Crippen molar-refractivity contribution in [2.24, 2.45) is 0 Å². The molecule has 62 heavy (non-hydrogen) atoms. The van der Waals surface area contributed by atoms with Gasteiger partial charge in [-0.05, 0) is 73.5 Å². The molecule has 0 bridgehead atoms. The smallest absolute Gasteiger partial charge is 0.301 e. The number of pyridine rings is 1. The molecule has 2 atom stereocenters. The van der Waals surface area contributed by atoms with Gasteiger partial charge in [0.05, 0.1) is 39.6 Å². The van der Waals surface area contributed by atoms with Crippen LogP contribution in [0, 0.1) is 17.1 Å². The summed E-state index contributed by atoms with van der Waals surface area (Å²) in [5, 5.41) is 12.2. The van der Waals surface area contributed by atoms with Gasteiger partial charge in [0.15, 0.2) is 11.6 Å². The summed E-state index contributed by atoms with van der Waals surface area (Å²) in [6.07, 6.45) is 1.66. The number of piperidine rings is 1. The number of amides is 4. The van der Waals surface area contributed by atoms with Crippen molar-refractivity contribution in [3.05, 3.63) is 106 Å². The van der Waals surface area contributed by atoms with Gasteiger partial charge >= 0.3 is 10.2 Å². The van der Waals surface area contributed by atoms with E-state index < -0.39 is 68.7 Å². The summed E-state index contributed by atoms with van der Waals surface area (Å²) in [7, 11) is -4.26. The fourth-order valence-electron chi connectivity index (χ4n) is 7.99. The number of carbonyl (C=O) groups excluding carboxylic acids is 4. The molecule has 3 aromatic carbocycles. The van der Waals surface area contributed by atoms with Crippen LogP contribution in [0.2, 0.25) is 0 Å². The molecule has 0 saturated carbocycles. The third-order valence-electron chi connectivity index (χ3n) is 11.2. The van der Waals surface area contributed by atoms with E-state index in [0.29, 0.717) is 43.2 Å². The highest BCUT2D eigenvalue weighted by atomic mass is 32.2. The molecule has 4 aliphatic heterocycles. The summed E-state index contributed by atoms with van der Waals surface area (Å²) >= 11 is 0. The summed E-state index contributed by atoms with van der Waals surface area (Å²) in [6, 6.07) is 15.4. The average Bonchev–Trinajstić information content (AvgIpc) is 3.82. The Hall–Kier alpha value is -7.31. The fourth-order valence-corrected chi connectivity index (χ4v) is 9.27. The zero-order valence-corrected chi connectivity index (χ0v) is 33.3. The van der Waals surface area contributed by atoms with Crippen LogP contribution in [0.25, 0.3) is 16.6 Å². The molecule has 18 nitrogen and oxygen atoms in total. The quantitative estimate of drug-likeness (QED) is 0.204. The summed E-state index contributed by atoms with van der Waals surface area (Å²) in [6.45, 7) is 1.81. The Balaban J connectivity index is 0.878. The molecule has 3 fully saturated rings. The van der Waals surface area contributed by atoms with E-state index >= 15 is 4.39 Å². The standard InChI is InChI=1S/C41H34F2N10O8S/c42-23-11-12-51(21-23)62(59,60)48-33-7-5-31(43)37(30(33)19-44)61-26-3-6-32-29(18-26)39(56)52(22-46-32)25-2-9-35(45-20-25)50-15-13-49(14-16-50)24-1-4-27-28(17-24)41(58)53(40(27)57)34-8-10-36(54)47-38(34)55/h1-7,9,17-18,20,22-23,34,48H,8,10-16,21H2,(H,47,54,55)/t23-,34?/m1/s1. The molecule has 3 saturated heterocycles. The van der Waals surface area contributed by atoms with Gasteiger partial charge in [-0.3, -0.25) is 43.5 Å². The van der Waals surface area contributed by atoms with Crippen molar-refractivity contribution in [3.63, 3.8) is 0 Å². The van der Waals surface area contributed by atoms with E-state index in [9.17, 15) is 42.0 Å². The van der Waals surface area contributed by atoms with Crippen LogP contribution in [0.3, 0.4) is 0 Å². The number of ether oxygens (including phenoxy) is 1. The number of carbonyl (C=O) groups is 4. The number of piperazine rings is 1. The SMILES string of the molecule is N#Cc1c(NS(=O)(=O)N2CC[C@@H](F)C2)ccc(F)c1Oc1ccc2ncn(-c3ccc(N4CCN(c5ccc6c(c5)C(=O)N(C5CCC(=O)NC5=O)C6=O)CC4)nc3)c(=O)c2c1. The normalized spacial score (nSPS) is 19.5. The van der Waals surface area contributed by atoms with Crippen LogP contribution < -0.4 is 30.1 Å². The van der Waals surface area contributed by atoms with E-state index in [0.717, 1.165) is 27.0 Å². The van der Waals surface area contributed by atoms with Crippen LogP contribution in [0.4, 0.5) is 26.0 Å². The van der Waals surface area contributed by atoms with Gasteiger partial charge in [0.25, 0.3) is 17.4 Å². The van der Waals surface area contributed by atoms with Gasteiger partial charge in [0.2, 0.25) is 11.8 Å². The molecule has 1 unspecified atom stereocenters. The third-order valence-corrected chi connectivity index (χ3v) is 12.7. The molecule has 2 N–H and O–H groups in total. The predicted octanol–water partition coefficient (Wildman–Crippen LogP) is 3.01. The number of benzene rings is 3. The van der Waals surface area contributed by atoms with Crippen molar-refractivity contribution in [2.45, 2.75) is 31.5 Å². The number of rotatable bonds is 9. The molecule has 0 radical (unpaired) electrons. The van der Waals surface area contributed by atoms with Crippen LogP contribution in [0.5, 0.6) is 11.5 Å². The first-order valence-electron chi connectivity index (χ1n) is 19.5. The highest BCUT2D eigenvalue weighted by molar-refractivity contribution is 7.90. The maximum absolute atomic E-state index is 15.1. The molecule has 0 spiro atoms. The lowest BCUT2D eigenvalue weighted by Crippen LogP contribution is -2.54. The highest BCUT2D eigenvalue weighted by Gasteiger charge is 2.45. The van der Waals surface area contributed by atoms with Crippen molar-refractivity contribution in [1.82, 2.24) is 29.1 Å². The monoisotopic (exact) mass is 864 g/mol. The molecule has 4 aliphatic rings. The second-order valence-corrected chi connectivity index (χ2v) is 16.7. The number of nitrogens with one attached hydrogen (secondary N) is 2. The van der Waals surface area contributed by atoms with E-state index in [1.165, 1.54) is 35.3 Å². The Morgan fingerprint density at radius 1 is 0.855 bits per heavy atom. The minimum Gasteiger partial charge on any atom is -0.453 e. The number of hydrogen-bond acceptors (Lipinski definition) is 13. The molecule has 316 valence electrons. The van der Waals surface area contributed by atoms with Gasteiger partial charge in [0, 0.05) is 51.4 Å². The third kappa shape index (κ3) is 7.21. The first-order valence-corrected chi connectivity index (χ1v) is 20.9. The lowest BCUT2D eigenvalue weighted by Gasteiger charge is -2.36. The summed E-state index contributed by atoms with van der Waals surface area (Å²) in [5.74, 6) is -3.20. The number of halogens is 2. The van der Waals surface area contributed by atoms with Crippen molar-refractivity contribution < 1.29 is 41.1 Å². The minimum atomic E-state index is -4.26. The van der Waals surface area contributed by atoms with Crippen LogP contribution >= 0.6 is 0 Å². The number of anilines is 3.